The Morgan fingerprint density at radius 2 is 2.06 bits per heavy atom. The van der Waals surface area contributed by atoms with Crippen LogP contribution in [-0.4, -0.2) is 21.0 Å². The van der Waals surface area contributed by atoms with E-state index in [4.69, 9.17) is 15.6 Å². The van der Waals surface area contributed by atoms with E-state index in [0.717, 1.165) is 0 Å². The molecule has 6 heteroatoms. The van der Waals surface area contributed by atoms with E-state index in [2.05, 4.69) is 9.97 Å². The highest BCUT2D eigenvalue weighted by Crippen LogP contribution is 2.23. The lowest BCUT2D eigenvalue weighted by atomic mass is 10.2. The first-order chi connectivity index (χ1) is 8.66. The van der Waals surface area contributed by atoms with E-state index < -0.39 is 5.97 Å². The van der Waals surface area contributed by atoms with Crippen molar-refractivity contribution in [1.82, 2.24) is 9.97 Å². The van der Waals surface area contributed by atoms with Gasteiger partial charge in [-0.3, -0.25) is 0 Å². The number of nitrogens with two attached hydrogens (primary N) is 1. The molecule has 6 nitrogen and oxygen atoms in total. The highest BCUT2D eigenvalue weighted by atomic mass is 16.5. The van der Waals surface area contributed by atoms with Gasteiger partial charge in [0.1, 0.15) is 12.4 Å². The number of anilines is 1. The van der Waals surface area contributed by atoms with Crippen molar-refractivity contribution in [3.63, 3.8) is 0 Å². The number of aromatic carboxylic acids is 1. The molecule has 0 atom stereocenters. The second kappa shape index (κ2) is 5.13. The molecule has 0 saturated carbocycles. The first-order valence-corrected chi connectivity index (χ1v) is 5.18. The number of aromatic nitrogens is 2. The third kappa shape index (κ3) is 2.73. The van der Waals surface area contributed by atoms with Gasteiger partial charge in [0.15, 0.2) is 5.82 Å². The fourth-order valence-corrected chi connectivity index (χ4v) is 1.36. The molecule has 3 N–H and O–H groups in total. The van der Waals surface area contributed by atoms with Gasteiger partial charge in [-0.2, -0.15) is 0 Å². The van der Waals surface area contributed by atoms with Crippen LogP contribution < -0.4 is 10.5 Å². The van der Waals surface area contributed by atoms with Crippen LogP contribution in [0.15, 0.2) is 36.7 Å². The molecule has 92 valence electrons. The van der Waals surface area contributed by atoms with E-state index in [0.29, 0.717) is 11.6 Å². The van der Waals surface area contributed by atoms with Crippen molar-refractivity contribution >= 4 is 11.7 Å². The first-order valence-electron chi connectivity index (χ1n) is 5.18. The van der Waals surface area contributed by atoms with Gasteiger partial charge in [0.25, 0.3) is 0 Å². The van der Waals surface area contributed by atoms with Gasteiger partial charge in [-0.25, -0.2) is 14.8 Å². The Kier molecular flexibility index (Phi) is 3.38. The minimum absolute atomic E-state index is 0.121. The number of rotatable bonds is 4. The Balaban J connectivity index is 2.08. The summed E-state index contributed by atoms with van der Waals surface area (Å²) in [6.45, 7) is 0.178. The molecule has 2 aromatic rings. The zero-order valence-corrected chi connectivity index (χ0v) is 9.41. The number of nitrogen functional groups attached to an aromatic ring is 1. The monoisotopic (exact) mass is 245 g/mol. The summed E-state index contributed by atoms with van der Waals surface area (Å²) in [7, 11) is 0. The van der Waals surface area contributed by atoms with Crippen LogP contribution in [0.4, 0.5) is 5.69 Å². The van der Waals surface area contributed by atoms with Gasteiger partial charge in [-0.1, -0.05) is 0 Å². The number of carboxylic acids is 1. The van der Waals surface area contributed by atoms with Crippen molar-refractivity contribution in [3.8, 4) is 5.75 Å². The van der Waals surface area contributed by atoms with Crippen LogP contribution in [0.2, 0.25) is 0 Å². The lowest BCUT2D eigenvalue weighted by Crippen LogP contribution is -2.04. The Morgan fingerprint density at radius 1 is 1.33 bits per heavy atom. The molecule has 0 aliphatic heterocycles. The van der Waals surface area contributed by atoms with Crippen LogP contribution in [-0.2, 0) is 6.61 Å². The number of hydrogen-bond donors (Lipinski definition) is 2. The molecular formula is C12H11N3O3. The van der Waals surface area contributed by atoms with Crippen molar-refractivity contribution in [3.05, 3.63) is 48.0 Å². The second-order valence-electron chi connectivity index (χ2n) is 3.51. The molecule has 1 aromatic heterocycles. The average Bonchev–Trinajstić information content (AvgIpc) is 2.38. The number of carbonyl (C=O) groups is 1. The molecule has 0 aliphatic rings. The highest BCUT2D eigenvalue weighted by Gasteiger charge is 2.07. The fraction of sp³-hybridized carbons (Fsp3) is 0.0833. The van der Waals surface area contributed by atoms with Gasteiger partial charge in [-0.15, -0.1) is 0 Å². The van der Waals surface area contributed by atoms with Crippen LogP contribution in [0.25, 0.3) is 0 Å². The Morgan fingerprint density at radius 3 is 2.67 bits per heavy atom. The van der Waals surface area contributed by atoms with Gasteiger partial charge < -0.3 is 15.6 Å². The quantitative estimate of drug-likeness (QED) is 0.788. The molecule has 1 aromatic carbocycles. The predicted octanol–water partition coefficient (Wildman–Crippen LogP) is 1.34. The molecule has 1 heterocycles. The zero-order chi connectivity index (χ0) is 13.0. The van der Waals surface area contributed by atoms with Crippen molar-refractivity contribution in [1.29, 1.82) is 0 Å². The van der Waals surface area contributed by atoms with E-state index >= 15 is 0 Å². The molecule has 0 unspecified atom stereocenters. The van der Waals surface area contributed by atoms with Crippen molar-refractivity contribution in [2.75, 3.05) is 5.73 Å². The maximum atomic E-state index is 10.7. The molecule has 0 radical (unpaired) electrons. The summed E-state index contributed by atoms with van der Waals surface area (Å²) in [6, 6.07) is 6.00. The number of carboxylic acid groups (broad SMARTS) is 1. The normalized spacial score (nSPS) is 10.0. The van der Waals surface area contributed by atoms with E-state index in [9.17, 15) is 4.79 Å². The summed E-state index contributed by atoms with van der Waals surface area (Å²) in [5, 5.41) is 8.79. The fourth-order valence-electron chi connectivity index (χ4n) is 1.36. The topological polar surface area (TPSA) is 98.3 Å². The van der Waals surface area contributed by atoms with Gasteiger partial charge in [0, 0.05) is 12.4 Å². The van der Waals surface area contributed by atoms with Crippen LogP contribution in [0.1, 0.15) is 16.2 Å². The molecule has 0 bridgehead atoms. The zero-order valence-electron chi connectivity index (χ0n) is 9.41. The minimum Gasteiger partial charge on any atom is -0.483 e. The molecular weight excluding hydrogens is 234 g/mol. The van der Waals surface area contributed by atoms with E-state index in [1.165, 1.54) is 18.2 Å². The molecule has 0 amide bonds. The predicted molar refractivity (Wildman–Crippen MR) is 64.2 cm³/mol. The van der Waals surface area contributed by atoms with Crippen molar-refractivity contribution < 1.29 is 14.6 Å². The van der Waals surface area contributed by atoms with Gasteiger partial charge in [0.2, 0.25) is 0 Å². The molecule has 0 aliphatic carbocycles. The summed E-state index contributed by atoms with van der Waals surface area (Å²) >= 11 is 0. The Hall–Kier alpha value is -2.63. The summed E-state index contributed by atoms with van der Waals surface area (Å²) in [6.07, 6.45) is 3.23. The molecule has 18 heavy (non-hydrogen) atoms. The first kappa shape index (κ1) is 11.8. The van der Waals surface area contributed by atoms with Crippen molar-refractivity contribution in [2.45, 2.75) is 6.61 Å². The highest BCUT2D eigenvalue weighted by molar-refractivity contribution is 5.89. The lowest BCUT2D eigenvalue weighted by molar-refractivity contribution is 0.0697. The number of benzene rings is 1. The van der Waals surface area contributed by atoms with Crippen LogP contribution in [0, 0.1) is 0 Å². The maximum Gasteiger partial charge on any atom is 0.335 e. The van der Waals surface area contributed by atoms with Gasteiger partial charge >= 0.3 is 5.97 Å². The molecule has 2 rings (SSSR count). The molecule has 0 spiro atoms. The molecule has 0 fully saturated rings. The minimum atomic E-state index is -1.03. The average molecular weight is 245 g/mol. The van der Waals surface area contributed by atoms with Crippen LogP contribution in [0.3, 0.4) is 0 Å². The largest absolute Gasteiger partial charge is 0.483 e. The van der Waals surface area contributed by atoms with Crippen LogP contribution in [0.5, 0.6) is 5.75 Å². The maximum absolute atomic E-state index is 10.7. The van der Waals surface area contributed by atoms with Crippen molar-refractivity contribution in [2.24, 2.45) is 0 Å². The summed E-state index contributed by atoms with van der Waals surface area (Å²) in [5.74, 6) is -0.0914. The summed E-state index contributed by atoms with van der Waals surface area (Å²) in [4.78, 5) is 18.7. The third-order valence-corrected chi connectivity index (χ3v) is 2.23. The number of nitrogens with zero attached hydrogens (tertiary/aromatic N) is 2. The SMILES string of the molecule is Nc1cc(C(=O)O)ccc1OCc1ncccn1. The summed E-state index contributed by atoms with van der Waals surface area (Å²) < 4.78 is 5.41. The van der Waals surface area contributed by atoms with Gasteiger partial charge in [0.05, 0.1) is 11.3 Å². The number of hydrogen-bond acceptors (Lipinski definition) is 5. The Bertz CT molecular complexity index is 558. The smallest absolute Gasteiger partial charge is 0.335 e. The van der Waals surface area contributed by atoms with Crippen LogP contribution >= 0.6 is 0 Å². The van der Waals surface area contributed by atoms with Gasteiger partial charge in [-0.05, 0) is 24.3 Å². The third-order valence-electron chi connectivity index (χ3n) is 2.23. The van der Waals surface area contributed by atoms with E-state index in [1.54, 1.807) is 18.5 Å². The summed E-state index contributed by atoms with van der Waals surface area (Å²) in [5.41, 5.74) is 6.08. The van der Waals surface area contributed by atoms with E-state index in [1.807, 2.05) is 0 Å². The van der Waals surface area contributed by atoms with E-state index in [-0.39, 0.29) is 17.9 Å². The second-order valence-corrected chi connectivity index (χ2v) is 3.51. The number of ether oxygens (including phenoxy) is 1. The lowest BCUT2D eigenvalue weighted by Gasteiger charge is -2.08. The molecule has 0 saturated heterocycles. The Labute approximate surface area is 103 Å². The standard InChI is InChI=1S/C12H11N3O3/c13-9-6-8(12(16)17)2-3-10(9)18-7-11-14-4-1-5-15-11/h1-6H,7,13H2,(H,16,17).